The first-order valence-corrected chi connectivity index (χ1v) is 21.7. The van der Waals surface area contributed by atoms with Crippen LogP contribution in [0.25, 0.3) is 91.8 Å². The van der Waals surface area contributed by atoms with Crippen LogP contribution in [0.3, 0.4) is 0 Å². The molecule has 12 aromatic rings. The molecule has 0 unspecified atom stereocenters. The zero-order valence-corrected chi connectivity index (χ0v) is 34.1. The van der Waals surface area contributed by atoms with Crippen LogP contribution in [0, 0.1) is 0 Å². The van der Waals surface area contributed by atoms with Gasteiger partial charge < -0.3 is 9.47 Å². The molecule has 0 atom stereocenters. The van der Waals surface area contributed by atoms with E-state index in [2.05, 4.69) is 240 Å². The smallest absolute Gasteiger partial charge is 0.0541 e. The number of hydrogen-bond donors (Lipinski definition) is 0. The molecule has 286 valence electrons. The maximum Gasteiger partial charge on any atom is 0.0541 e. The molecule has 0 saturated heterocycles. The minimum atomic E-state index is 1.09. The maximum atomic E-state index is 2.41. The second kappa shape index (κ2) is 14.5. The third kappa shape index (κ3) is 5.93. The number of thiophene rings is 1. The second-order valence-corrected chi connectivity index (χ2v) is 16.7. The lowest BCUT2D eigenvalue weighted by Crippen LogP contribution is -2.09. The van der Waals surface area contributed by atoms with Gasteiger partial charge in [-0.3, -0.25) is 0 Å². The van der Waals surface area contributed by atoms with Crippen LogP contribution < -0.4 is 4.90 Å². The molecule has 0 aliphatic rings. The average molecular weight is 795 g/mol. The minimum Gasteiger partial charge on any atom is -0.311 e. The maximum absolute atomic E-state index is 2.41. The van der Waals surface area contributed by atoms with Gasteiger partial charge in [0.05, 0.1) is 16.7 Å². The molecular formula is C58H38N2S. The van der Waals surface area contributed by atoms with Crippen molar-refractivity contribution in [3.05, 3.63) is 231 Å². The number of hydrogen-bond acceptors (Lipinski definition) is 2. The Morgan fingerprint density at radius 2 is 0.770 bits per heavy atom. The van der Waals surface area contributed by atoms with Gasteiger partial charge in [0.2, 0.25) is 0 Å². The number of rotatable bonds is 7. The SMILES string of the molecule is c1ccc(-c2ccc(N(c3ccc(-c4ccccc4-n4c5ccccc5c5ccccc54)cc3)c3ccc(-c4cccc5c4sc4c6ccccc6ccc54)cc3)cc2)cc1. The molecule has 0 aliphatic heterocycles. The monoisotopic (exact) mass is 794 g/mol. The van der Waals surface area contributed by atoms with Gasteiger partial charge in [0.25, 0.3) is 0 Å². The molecular weight excluding hydrogens is 757 g/mol. The number of para-hydroxylation sites is 3. The molecule has 0 spiro atoms. The molecule has 12 rings (SSSR count). The Morgan fingerprint density at radius 3 is 1.44 bits per heavy atom. The summed E-state index contributed by atoms with van der Waals surface area (Å²) in [6.45, 7) is 0. The summed E-state index contributed by atoms with van der Waals surface area (Å²) in [5.74, 6) is 0. The van der Waals surface area contributed by atoms with E-state index in [4.69, 9.17) is 0 Å². The number of nitrogens with zero attached hydrogens (tertiary/aromatic N) is 2. The third-order valence-electron chi connectivity index (χ3n) is 12.2. The van der Waals surface area contributed by atoms with Gasteiger partial charge in [0, 0.05) is 53.6 Å². The quantitative estimate of drug-likeness (QED) is 0.156. The average Bonchev–Trinajstić information content (AvgIpc) is 3.89. The van der Waals surface area contributed by atoms with E-state index in [0.717, 1.165) is 17.1 Å². The first-order chi connectivity index (χ1) is 30.3. The third-order valence-corrected chi connectivity index (χ3v) is 13.5. The first-order valence-electron chi connectivity index (χ1n) is 20.8. The van der Waals surface area contributed by atoms with Gasteiger partial charge in [0.15, 0.2) is 0 Å². The van der Waals surface area contributed by atoms with Crippen molar-refractivity contribution in [2.45, 2.75) is 0 Å². The number of aromatic nitrogens is 1. The van der Waals surface area contributed by atoms with Crippen LogP contribution in [0.4, 0.5) is 17.1 Å². The van der Waals surface area contributed by atoms with E-state index in [1.165, 1.54) is 91.8 Å². The van der Waals surface area contributed by atoms with Gasteiger partial charge in [-0.25, -0.2) is 0 Å². The Balaban J connectivity index is 0.952. The largest absolute Gasteiger partial charge is 0.311 e. The van der Waals surface area contributed by atoms with Crippen molar-refractivity contribution in [1.82, 2.24) is 4.57 Å². The van der Waals surface area contributed by atoms with Crippen molar-refractivity contribution in [3.63, 3.8) is 0 Å². The Morgan fingerprint density at radius 1 is 0.295 bits per heavy atom. The van der Waals surface area contributed by atoms with Crippen LogP contribution in [-0.2, 0) is 0 Å². The summed E-state index contributed by atoms with van der Waals surface area (Å²) in [6, 6.07) is 83.9. The van der Waals surface area contributed by atoms with Crippen molar-refractivity contribution in [3.8, 4) is 39.1 Å². The Bertz CT molecular complexity index is 3510. The van der Waals surface area contributed by atoms with Crippen molar-refractivity contribution >= 4 is 81.1 Å². The van der Waals surface area contributed by atoms with E-state index in [1.807, 2.05) is 11.3 Å². The van der Waals surface area contributed by atoms with Crippen LogP contribution in [-0.4, -0.2) is 4.57 Å². The van der Waals surface area contributed by atoms with Gasteiger partial charge in [-0.2, -0.15) is 0 Å². The molecule has 2 nitrogen and oxygen atoms in total. The highest BCUT2D eigenvalue weighted by Crippen LogP contribution is 2.44. The Labute approximate surface area is 358 Å². The minimum absolute atomic E-state index is 1.09. The number of fused-ring (bicyclic) bond motifs is 8. The fourth-order valence-electron chi connectivity index (χ4n) is 9.31. The predicted molar refractivity (Wildman–Crippen MR) is 262 cm³/mol. The van der Waals surface area contributed by atoms with E-state index in [1.54, 1.807) is 0 Å². The van der Waals surface area contributed by atoms with Crippen LogP contribution in [0.1, 0.15) is 0 Å². The van der Waals surface area contributed by atoms with Crippen LogP contribution >= 0.6 is 11.3 Å². The molecule has 0 saturated carbocycles. The van der Waals surface area contributed by atoms with Gasteiger partial charge in [-0.05, 0) is 93.2 Å². The molecule has 0 radical (unpaired) electrons. The normalized spacial score (nSPS) is 11.6. The van der Waals surface area contributed by atoms with Crippen molar-refractivity contribution in [2.75, 3.05) is 4.90 Å². The summed E-state index contributed by atoms with van der Waals surface area (Å²) in [5, 5.41) is 7.76. The summed E-state index contributed by atoms with van der Waals surface area (Å²) in [7, 11) is 0. The van der Waals surface area contributed by atoms with Crippen molar-refractivity contribution in [1.29, 1.82) is 0 Å². The Kier molecular flexibility index (Phi) is 8.39. The second-order valence-electron chi connectivity index (χ2n) is 15.7. The topological polar surface area (TPSA) is 8.17 Å². The van der Waals surface area contributed by atoms with Crippen molar-refractivity contribution in [2.24, 2.45) is 0 Å². The van der Waals surface area contributed by atoms with Gasteiger partial charge in [-0.1, -0.05) is 176 Å². The van der Waals surface area contributed by atoms with E-state index >= 15 is 0 Å². The molecule has 3 heteroatoms. The van der Waals surface area contributed by atoms with Gasteiger partial charge in [-0.15, -0.1) is 11.3 Å². The fraction of sp³-hybridized carbons (Fsp3) is 0. The van der Waals surface area contributed by atoms with Gasteiger partial charge >= 0.3 is 0 Å². The van der Waals surface area contributed by atoms with E-state index < -0.39 is 0 Å². The fourth-order valence-corrected chi connectivity index (χ4v) is 10.7. The first kappa shape index (κ1) is 35.2. The van der Waals surface area contributed by atoms with Crippen LogP contribution in [0.15, 0.2) is 231 Å². The zero-order valence-electron chi connectivity index (χ0n) is 33.2. The summed E-state index contributed by atoms with van der Waals surface area (Å²) in [5.41, 5.74) is 14.1. The molecule has 0 N–H and O–H groups in total. The standard InChI is InChI=1S/C58H38N2S/c1-2-13-39(14-3-1)40-25-32-44(33-26-40)59(46-36-29-43(30-37-46)49-20-12-21-52-53-38-31-41-15-4-5-17-48(41)58(53)61-57(49)52)45-34-27-42(28-35-45)47-16-6-9-22-54(47)60-55-23-10-7-18-50(55)51-19-8-11-24-56(51)60/h1-38H. The lowest BCUT2D eigenvalue weighted by molar-refractivity contribution is 1.18. The Hall–Kier alpha value is -7.72. The molecule has 0 bridgehead atoms. The van der Waals surface area contributed by atoms with Crippen LogP contribution in [0.5, 0.6) is 0 Å². The molecule has 0 amide bonds. The zero-order chi connectivity index (χ0) is 40.3. The number of anilines is 3. The summed E-state index contributed by atoms with van der Waals surface area (Å²) in [6.07, 6.45) is 0. The highest BCUT2D eigenvalue weighted by atomic mass is 32.1. The molecule has 0 fully saturated rings. The highest BCUT2D eigenvalue weighted by molar-refractivity contribution is 7.27. The molecule has 0 aliphatic carbocycles. The van der Waals surface area contributed by atoms with Gasteiger partial charge in [0.1, 0.15) is 0 Å². The van der Waals surface area contributed by atoms with E-state index in [0.29, 0.717) is 0 Å². The summed E-state index contributed by atoms with van der Waals surface area (Å²) < 4.78 is 5.09. The molecule has 2 aromatic heterocycles. The lowest BCUT2D eigenvalue weighted by atomic mass is 10.0. The lowest BCUT2D eigenvalue weighted by Gasteiger charge is -2.26. The van der Waals surface area contributed by atoms with Crippen molar-refractivity contribution < 1.29 is 0 Å². The molecule has 2 heterocycles. The molecule has 10 aromatic carbocycles. The predicted octanol–water partition coefficient (Wildman–Crippen LogP) is 16.8. The molecule has 61 heavy (non-hydrogen) atoms. The summed E-state index contributed by atoms with van der Waals surface area (Å²) in [4.78, 5) is 2.37. The van der Waals surface area contributed by atoms with E-state index in [-0.39, 0.29) is 0 Å². The number of benzene rings is 10. The summed E-state index contributed by atoms with van der Waals surface area (Å²) >= 11 is 1.90. The van der Waals surface area contributed by atoms with E-state index in [9.17, 15) is 0 Å². The highest BCUT2D eigenvalue weighted by Gasteiger charge is 2.18. The van der Waals surface area contributed by atoms with Crippen LogP contribution in [0.2, 0.25) is 0 Å².